The highest BCUT2D eigenvalue weighted by Crippen LogP contribution is 2.18. The Balaban J connectivity index is 5.45. The molecule has 0 bridgehead atoms. The fraction of sp³-hybridized carbons (Fsp3) is 0.111. The maximum Gasteiger partial charge on any atom is 0.125 e. The minimum Gasteiger partial charge on any atom is -0.496 e. The van der Waals surface area contributed by atoms with Crippen LogP contribution in [0, 0.1) is 0 Å². The molecule has 1 nitrogen and oxygen atoms in total. The average Bonchev–Trinajstić information content (AvgIpc) is 2.45. The molecule has 0 aromatic rings. The minimum atomic E-state index is 0.683. The van der Waals surface area contributed by atoms with Crippen LogP contribution in [0.4, 0.5) is 0 Å². The van der Waals surface area contributed by atoms with E-state index in [-0.39, 0.29) is 0 Å². The van der Waals surface area contributed by atoms with Crippen molar-refractivity contribution in [3.05, 3.63) is 97.9 Å². The molecule has 0 aliphatic rings. The third kappa shape index (κ3) is 5.73. The molecule has 0 rings (SSSR count). The van der Waals surface area contributed by atoms with Gasteiger partial charge in [0.05, 0.1) is 7.11 Å². The summed E-state index contributed by atoms with van der Waals surface area (Å²) in [5.74, 6) is 0.683. The van der Waals surface area contributed by atoms with Gasteiger partial charge < -0.3 is 4.74 Å². The highest BCUT2D eigenvalue weighted by Gasteiger charge is 2.01. The number of methoxy groups -OCH3 is 1. The summed E-state index contributed by atoms with van der Waals surface area (Å²) in [4.78, 5) is 0. The summed E-state index contributed by atoms with van der Waals surface area (Å²) in [7, 11) is 1.61. The van der Waals surface area contributed by atoms with E-state index in [1.165, 1.54) is 0 Å². The first-order valence-electron chi connectivity index (χ1n) is 5.96. The van der Waals surface area contributed by atoms with Gasteiger partial charge in [0, 0.05) is 5.57 Å². The van der Waals surface area contributed by atoms with Gasteiger partial charge in [-0.05, 0) is 29.7 Å². The van der Waals surface area contributed by atoms with Gasteiger partial charge in [0.1, 0.15) is 5.76 Å². The normalized spacial score (nSPS) is 13.1. The number of allylic oxidation sites excluding steroid dienone is 10. The van der Waals surface area contributed by atoms with E-state index in [0.717, 1.165) is 23.1 Å². The number of ether oxygens (including phenoxy) is 1. The molecule has 0 aromatic carbocycles. The van der Waals surface area contributed by atoms with Crippen molar-refractivity contribution in [3.8, 4) is 0 Å². The fourth-order valence-electron chi connectivity index (χ4n) is 1.52. The van der Waals surface area contributed by atoms with Crippen LogP contribution < -0.4 is 0 Å². The van der Waals surface area contributed by atoms with Crippen molar-refractivity contribution in [1.29, 1.82) is 0 Å². The summed E-state index contributed by atoms with van der Waals surface area (Å²) in [6.45, 7) is 18.8. The molecular formula is C18H22O. The van der Waals surface area contributed by atoms with Gasteiger partial charge in [-0.25, -0.2) is 0 Å². The largest absolute Gasteiger partial charge is 0.496 e. The molecule has 0 radical (unpaired) electrons. The molecule has 0 N–H and O–H groups in total. The van der Waals surface area contributed by atoms with E-state index in [9.17, 15) is 0 Å². The lowest BCUT2D eigenvalue weighted by atomic mass is 10.0. The Hall–Kier alpha value is -2.28. The lowest BCUT2D eigenvalue weighted by Crippen LogP contribution is -1.90. The summed E-state index contributed by atoms with van der Waals surface area (Å²) < 4.78 is 5.24. The van der Waals surface area contributed by atoms with Crippen LogP contribution in [0.25, 0.3) is 0 Å². The van der Waals surface area contributed by atoms with Crippen molar-refractivity contribution >= 4 is 0 Å². The lowest BCUT2D eigenvalue weighted by molar-refractivity contribution is 0.305. The van der Waals surface area contributed by atoms with Crippen LogP contribution in [-0.2, 0) is 4.74 Å². The molecule has 0 unspecified atom stereocenters. The highest BCUT2D eigenvalue weighted by atomic mass is 16.5. The zero-order chi connectivity index (χ0) is 14.7. The molecule has 0 amide bonds. The Morgan fingerprint density at radius 1 is 0.895 bits per heavy atom. The van der Waals surface area contributed by atoms with E-state index in [2.05, 4.69) is 32.9 Å². The van der Waals surface area contributed by atoms with E-state index in [0.29, 0.717) is 5.76 Å². The summed E-state index contributed by atoms with van der Waals surface area (Å²) in [5.41, 5.74) is 2.98. The lowest BCUT2D eigenvalue weighted by Gasteiger charge is -2.07. The van der Waals surface area contributed by atoms with Crippen molar-refractivity contribution in [2.45, 2.75) is 6.42 Å². The van der Waals surface area contributed by atoms with Crippen LogP contribution in [0.1, 0.15) is 6.42 Å². The average molecular weight is 254 g/mol. The quantitative estimate of drug-likeness (QED) is 0.413. The van der Waals surface area contributed by atoms with Crippen molar-refractivity contribution in [3.63, 3.8) is 0 Å². The minimum absolute atomic E-state index is 0.683. The molecule has 19 heavy (non-hydrogen) atoms. The van der Waals surface area contributed by atoms with Crippen LogP contribution >= 0.6 is 0 Å². The van der Waals surface area contributed by atoms with Gasteiger partial charge in [-0.3, -0.25) is 0 Å². The van der Waals surface area contributed by atoms with Crippen LogP contribution in [0.3, 0.4) is 0 Å². The zero-order valence-electron chi connectivity index (χ0n) is 11.7. The van der Waals surface area contributed by atoms with Crippen molar-refractivity contribution in [2.24, 2.45) is 0 Å². The monoisotopic (exact) mass is 254 g/mol. The molecule has 0 fully saturated rings. The molecular weight excluding hydrogens is 232 g/mol. The first-order chi connectivity index (χ1) is 9.16. The fourth-order valence-corrected chi connectivity index (χ4v) is 1.52. The Kier molecular flexibility index (Phi) is 8.55. The Labute approximate surface area is 117 Å². The maximum atomic E-state index is 5.24. The maximum absolute atomic E-state index is 5.24. The Morgan fingerprint density at radius 3 is 1.89 bits per heavy atom. The van der Waals surface area contributed by atoms with Crippen molar-refractivity contribution in [1.82, 2.24) is 0 Å². The summed E-state index contributed by atoms with van der Waals surface area (Å²) >= 11 is 0. The molecule has 0 heterocycles. The second kappa shape index (κ2) is 9.72. The third-order valence-electron chi connectivity index (χ3n) is 2.52. The van der Waals surface area contributed by atoms with Gasteiger partial charge >= 0.3 is 0 Å². The van der Waals surface area contributed by atoms with Gasteiger partial charge in [-0.15, -0.1) is 0 Å². The van der Waals surface area contributed by atoms with Gasteiger partial charge in [0.25, 0.3) is 0 Å². The second-order valence-electron chi connectivity index (χ2n) is 3.71. The van der Waals surface area contributed by atoms with E-state index in [1.54, 1.807) is 37.5 Å². The number of hydrogen-bond acceptors (Lipinski definition) is 1. The van der Waals surface area contributed by atoms with Crippen LogP contribution in [-0.4, -0.2) is 7.11 Å². The van der Waals surface area contributed by atoms with Gasteiger partial charge in [0.15, 0.2) is 0 Å². The molecule has 0 aromatic heterocycles. The first kappa shape index (κ1) is 16.7. The molecule has 0 aliphatic heterocycles. The molecule has 0 saturated heterocycles. The second-order valence-corrected chi connectivity index (χ2v) is 3.71. The van der Waals surface area contributed by atoms with Gasteiger partial charge in [0.2, 0.25) is 0 Å². The SMILES string of the molecule is C=C/C=C(\C=C)C/C(C=C)=C/C(C=C)=C(\C=C)OC. The summed E-state index contributed by atoms with van der Waals surface area (Å²) in [6, 6.07) is 0. The molecule has 100 valence electrons. The van der Waals surface area contributed by atoms with Gasteiger partial charge in [-0.2, -0.15) is 0 Å². The molecule has 0 aliphatic carbocycles. The Morgan fingerprint density at radius 2 is 1.53 bits per heavy atom. The third-order valence-corrected chi connectivity index (χ3v) is 2.52. The first-order valence-corrected chi connectivity index (χ1v) is 5.96. The number of rotatable bonds is 9. The highest BCUT2D eigenvalue weighted by molar-refractivity contribution is 5.43. The van der Waals surface area contributed by atoms with E-state index in [1.807, 2.05) is 12.2 Å². The zero-order valence-corrected chi connectivity index (χ0v) is 11.7. The predicted octanol–water partition coefficient (Wildman–Crippen LogP) is 5.06. The molecule has 0 spiro atoms. The topological polar surface area (TPSA) is 9.23 Å². The number of hydrogen-bond donors (Lipinski definition) is 0. The van der Waals surface area contributed by atoms with Gasteiger partial charge in [-0.1, -0.05) is 63.3 Å². The van der Waals surface area contributed by atoms with E-state index in [4.69, 9.17) is 4.74 Å². The summed E-state index contributed by atoms with van der Waals surface area (Å²) in [6.07, 6.45) is 13.4. The standard InChI is InChI=1S/C18H22O/c1-7-12-15(8-2)13-16(9-3)14-17(10-4)18(11-5)19-6/h7-12,14H,1-5,13H2,6H3/b15-12+,16-14+,18-17+. The molecule has 1 heteroatoms. The predicted molar refractivity (Wildman–Crippen MR) is 85.8 cm³/mol. The smallest absolute Gasteiger partial charge is 0.125 e. The molecule has 0 atom stereocenters. The van der Waals surface area contributed by atoms with E-state index < -0.39 is 0 Å². The van der Waals surface area contributed by atoms with Crippen LogP contribution in [0.15, 0.2) is 97.9 Å². The van der Waals surface area contributed by atoms with Crippen molar-refractivity contribution in [2.75, 3.05) is 7.11 Å². The van der Waals surface area contributed by atoms with E-state index >= 15 is 0 Å². The van der Waals surface area contributed by atoms with Crippen LogP contribution in [0.5, 0.6) is 0 Å². The Bertz CT molecular complexity index is 456. The summed E-state index contributed by atoms with van der Waals surface area (Å²) in [5, 5.41) is 0. The van der Waals surface area contributed by atoms with Crippen LogP contribution in [0.2, 0.25) is 0 Å². The molecule has 0 saturated carbocycles. The van der Waals surface area contributed by atoms with Crippen molar-refractivity contribution < 1.29 is 4.74 Å².